The molecule has 1 unspecified atom stereocenters. The number of nitrogens with zero attached hydrogens (tertiary/aromatic N) is 7. The van der Waals surface area contributed by atoms with E-state index in [1.807, 2.05) is 32.8 Å². The molecule has 1 fully saturated rings. The molecule has 0 radical (unpaired) electrons. The van der Waals surface area contributed by atoms with Crippen LogP contribution in [0.5, 0.6) is 0 Å². The summed E-state index contributed by atoms with van der Waals surface area (Å²) in [6, 6.07) is 8.26. The van der Waals surface area contributed by atoms with Gasteiger partial charge in [-0.3, -0.25) is 9.48 Å². The first-order valence-corrected chi connectivity index (χ1v) is 12.6. The van der Waals surface area contributed by atoms with Gasteiger partial charge >= 0.3 is 6.18 Å². The number of amidine groups is 1. The summed E-state index contributed by atoms with van der Waals surface area (Å²) in [5.41, 5.74) is 3.11. The zero-order valence-electron chi connectivity index (χ0n) is 22.1. The molecule has 0 bridgehead atoms. The van der Waals surface area contributed by atoms with Gasteiger partial charge in [-0.2, -0.15) is 23.4 Å². The number of aryl methyl sites for hydroxylation is 2. The predicted octanol–water partition coefficient (Wildman–Crippen LogP) is 5.99. The van der Waals surface area contributed by atoms with E-state index in [1.165, 1.54) is 6.07 Å². The van der Waals surface area contributed by atoms with Gasteiger partial charge in [-0.25, -0.2) is 10.0 Å². The van der Waals surface area contributed by atoms with E-state index in [0.29, 0.717) is 24.5 Å². The number of halogens is 3. The third-order valence-corrected chi connectivity index (χ3v) is 7.12. The highest BCUT2D eigenvalue weighted by molar-refractivity contribution is 6.05. The molecule has 5 rings (SSSR count). The minimum atomic E-state index is -4.59. The van der Waals surface area contributed by atoms with E-state index < -0.39 is 17.6 Å². The largest absolute Gasteiger partial charge is 0.416 e. The molecule has 39 heavy (non-hydrogen) atoms. The maximum Gasteiger partial charge on any atom is 0.416 e. The van der Waals surface area contributed by atoms with Crippen molar-refractivity contribution >= 4 is 28.8 Å². The van der Waals surface area contributed by atoms with Gasteiger partial charge in [0.05, 0.1) is 29.7 Å². The Morgan fingerprint density at radius 2 is 1.92 bits per heavy atom. The standard InChI is InChI=1S/C27H29F3N8O/c1-16-7-8-18(10-24(16)38-15-23(34-35-38)22-14-31-37(4)17(22)2)26(39)33-21-12-19(27(28,29)30)11-20(13-21)32-25-6-5-9-36(25)3/h7-8,10-14,23H,5-6,9,15H2,1-4H3,(H,33,39). The quantitative estimate of drug-likeness (QED) is 0.432. The zero-order chi connectivity index (χ0) is 27.9. The van der Waals surface area contributed by atoms with Crippen LogP contribution >= 0.6 is 0 Å². The van der Waals surface area contributed by atoms with Crippen molar-refractivity contribution in [3.8, 4) is 0 Å². The molecule has 3 aromatic rings. The second-order valence-electron chi connectivity index (χ2n) is 9.89. The van der Waals surface area contributed by atoms with Crippen molar-refractivity contribution < 1.29 is 18.0 Å². The monoisotopic (exact) mass is 538 g/mol. The van der Waals surface area contributed by atoms with Crippen molar-refractivity contribution in [1.82, 2.24) is 14.7 Å². The molecule has 204 valence electrons. The summed E-state index contributed by atoms with van der Waals surface area (Å²) >= 11 is 0. The summed E-state index contributed by atoms with van der Waals surface area (Å²) < 4.78 is 42.7. The molecule has 12 heteroatoms. The van der Waals surface area contributed by atoms with Crippen LogP contribution in [0.1, 0.15) is 51.6 Å². The van der Waals surface area contributed by atoms with Crippen molar-refractivity contribution in [1.29, 1.82) is 0 Å². The molecular formula is C27H29F3N8O. The van der Waals surface area contributed by atoms with Crippen LogP contribution in [-0.2, 0) is 13.2 Å². The van der Waals surface area contributed by atoms with Gasteiger partial charge in [0, 0.05) is 49.6 Å². The van der Waals surface area contributed by atoms with Crippen molar-refractivity contribution in [2.45, 2.75) is 38.9 Å². The number of benzene rings is 2. The maximum absolute atomic E-state index is 13.6. The van der Waals surface area contributed by atoms with Gasteiger partial charge < -0.3 is 10.2 Å². The summed E-state index contributed by atoms with van der Waals surface area (Å²) in [6.07, 6.45) is -1.22. The van der Waals surface area contributed by atoms with Gasteiger partial charge in [-0.05, 0) is 56.2 Å². The summed E-state index contributed by atoms with van der Waals surface area (Å²) in [5.74, 6) is 0.178. The van der Waals surface area contributed by atoms with Gasteiger partial charge in [0.15, 0.2) is 0 Å². The number of aliphatic imine (C=N–C) groups is 1. The van der Waals surface area contributed by atoms with E-state index in [1.54, 1.807) is 34.1 Å². The molecule has 0 spiro atoms. The summed E-state index contributed by atoms with van der Waals surface area (Å²) in [6.45, 7) is 5.14. The number of hydrogen-bond donors (Lipinski definition) is 1. The number of likely N-dealkylation sites (tertiary alicyclic amines) is 1. The summed E-state index contributed by atoms with van der Waals surface area (Å²) in [7, 11) is 3.72. The van der Waals surface area contributed by atoms with Crippen LogP contribution in [-0.4, -0.2) is 46.6 Å². The lowest BCUT2D eigenvalue weighted by atomic mass is 10.1. The van der Waals surface area contributed by atoms with Crippen LogP contribution in [0.25, 0.3) is 0 Å². The fourth-order valence-electron chi connectivity index (χ4n) is 4.74. The highest BCUT2D eigenvalue weighted by atomic mass is 19.4. The second-order valence-corrected chi connectivity index (χ2v) is 9.89. The Kier molecular flexibility index (Phi) is 6.87. The van der Waals surface area contributed by atoms with Gasteiger partial charge in [0.25, 0.3) is 5.91 Å². The number of aromatic nitrogens is 2. The Morgan fingerprint density at radius 1 is 1.13 bits per heavy atom. The maximum atomic E-state index is 13.6. The molecule has 0 saturated carbocycles. The minimum Gasteiger partial charge on any atom is -0.363 e. The Labute approximate surface area is 224 Å². The minimum absolute atomic E-state index is 0.0185. The van der Waals surface area contributed by atoms with E-state index in [9.17, 15) is 18.0 Å². The Bertz CT molecular complexity index is 1480. The average molecular weight is 539 g/mol. The number of amides is 1. The highest BCUT2D eigenvalue weighted by Gasteiger charge is 2.32. The molecule has 2 aliphatic heterocycles. The highest BCUT2D eigenvalue weighted by Crippen LogP contribution is 2.36. The van der Waals surface area contributed by atoms with Crippen LogP contribution in [0.4, 0.5) is 30.2 Å². The fourth-order valence-corrected chi connectivity index (χ4v) is 4.74. The zero-order valence-corrected chi connectivity index (χ0v) is 22.1. The van der Waals surface area contributed by atoms with Crippen molar-refractivity contribution in [2.75, 3.05) is 30.5 Å². The second kappa shape index (κ2) is 10.2. The third-order valence-electron chi connectivity index (χ3n) is 7.12. The normalized spacial score (nSPS) is 18.4. The SMILES string of the molecule is Cc1ccc(C(=O)Nc2cc(N=C3CCCN3C)cc(C(F)(F)F)c2)cc1N1CC(c2cnn(C)c2C)N=N1. The molecule has 2 aliphatic rings. The molecule has 1 N–H and O–H groups in total. The molecular weight excluding hydrogens is 509 g/mol. The molecule has 0 aliphatic carbocycles. The number of carbonyl (C=O) groups is 1. The molecule has 9 nitrogen and oxygen atoms in total. The van der Waals surface area contributed by atoms with Crippen molar-refractivity contribution in [2.24, 2.45) is 22.4 Å². The number of carbonyl (C=O) groups excluding carboxylic acids is 1. The number of nitrogens with one attached hydrogen (secondary N) is 1. The molecule has 3 heterocycles. The smallest absolute Gasteiger partial charge is 0.363 e. The number of alkyl halides is 3. The van der Waals surface area contributed by atoms with Crippen molar-refractivity contribution in [3.05, 3.63) is 70.5 Å². The van der Waals surface area contributed by atoms with Gasteiger partial charge in [-0.15, -0.1) is 0 Å². The van der Waals surface area contributed by atoms with Gasteiger partial charge in [-0.1, -0.05) is 11.3 Å². The van der Waals surface area contributed by atoms with E-state index >= 15 is 0 Å². The van der Waals surface area contributed by atoms with Crippen LogP contribution in [0.3, 0.4) is 0 Å². The molecule has 1 atom stereocenters. The lowest BCUT2D eigenvalue weighted by molar-refractivity contribution is -0.137. The molecule has 1 aromatic heterocycles. The number of anilines is 2. The first-order valence-electron chi connectivity index (χ1n) is 12.6. The van der Waals surface area contributed by atoms with E-state index in [-0.39, 0.29) is 23.0 Å². The van der Waals surface area contributed by atoms with Crippen LogP contribution in [0.15, 0.2) is 57.9 Å². The fraction of sp³-hybridized carbons (Fsp3) is 0.370. The van der Waals surface area contributed by atoms with Crippen molar-refractivity contribution in [3.63, 3.8) is 0 Å². The summed E-state index contributed by atoms with van der Waals surface area (Å²) in [4.78, 5) is 19.5. The molecule has 1 saturated heterocycles. The Hall–Kier alpha value is -4.22. The van der Waals surface area contributed by atoms with Gasteiger partial charge in [0.1, 0.15) is 11.9 Å². The number of rotatable bonds is 5. The Balaban J connectivity index is 1.38. The third kappa shape index (κ3) is 5.50. The van der Waals surface area contributed by atoms with Crippen LogP contribution in [0, 0.1) is 13.8 Å². The topological polar surface area (TPSA) is 90.5 Å². The summed E-state index contributed by atoms with van der Waals surface area (Å²) in [5, 5.41) is 17.3. The lowest BCUT2D eigenvalue weighted by Gasteiger charge is -2.18. The predicted molar refractivity (Wildman–Crippen MR) is 142 cm³/mol. The van der Waals surface area contributed by atoms with E-state index in [0.717, 1.165) is 41.9 Å². The Morgan fingerprint density at radius 3 is 2.59 bits per heavy atom. The van der Waals surface area contributed by atoms with E-state index in [2.05, 4.69) is 25.7 Å². The first-order chi connectivity index (χ1) is 18.5. The van der Waals surface area contributed by atoms with E-state index in [4.69, 9.17) is 0 Å². The van der Waals surface area contributed by atoms with Crippen LogP contribution in [0.2, 0.25) is 0 Å². The molecule has 2 aromatic carbocycles. The van der Waals surface area contributed by atoms with Crippen LogP contribution < -0.4 is 10.3 Å². The lowest BCUT2D eigenvalue weighted by Crippen LogP contribution is -2.19. The van der Waals surface area contributed by atoms with Gasteiger partial charge in [0.2, 0.25) is 0 Å². The first kappa shape index (κ1) is 26.4. The number of hydrogen-bond acceptors (Lipinski definition) is 6. The molecule has 1 amide bonds. The average Bonchev–Trinajstić information content (AvgIpc) is 3.60.